The number of aromatic hydroxyl groups is 1. The fourth-order valence-electron chi connectivity index (χ4n) is 1.74. The van der Waals surface area contributed by atoms with Crippen LogP contribution in [0.5, 0.6) is 5.75 Å². The molecule has 2 N–H and O–H groups in total. The van der Waals surface area contributed by atoms with Crippen LogP contribution in [0, 0.1) is 0 Å². The highest BCUT2D eigenvalue weighted by Gasteiger charge is 2.13. The van der Waals surface area contributed by atoms with Crippen molar-refractivity contribution in [3.8, 4) is 5.75 Å². The molecule has 20 heavy (non-hydrogen) atoms. The van der Waals surface area contributed by atoms with Gasteiger partial charge in [-0.3, -0.25) is 0 Å². The van der Waals surface area contributed by atoms with E-state index in [0.717, 1.165) is 4.47 Å². The van der Waals surface area contributed by atoms with Crippen molar-refractivity contribution in [3.63, 3.8) is 0 Å². The zero-order valence-corrected chi connectivity index (χ0v) is 13.3. The number of phenolic OH excluding ortho intramolecular Hbond substituents is 1. The van der Waals surface area contributed by atoms with Crippen LogP contribution < -0.4 is 0 Å². The van der Waals surface area contributed by atoms with Crippen LogP contribution in [0.4, 0.5) is 0 Å². The summed E-state index contributed by atoms with van der Waals surface area (Å²) in [4.78, 5) is 11.4. The van der Waals surface area contributed by atoms with E-state index in [1.165, 1.54) is 6.08 Å². The molecule has 0 atom stereocenters. The fourth-order valence-corrected chi connectivity index (χ4v) is 3.00. The molecule has 0 aromatic heterocycles. The normalized spacial score (nSPS) is 11.4. The second-order valence-electron chi connectivity index (χ2n) is 4.05. The van der Waals surface area contributed by atoms with Gasteiger partial charge in [0.1, 0.15) is 5.75 Å². The Morgan fingerprint density at radius 2 is 1.75 bits per heavy atom. The van der Waals surface area contributed by atoms with Gasteiger partial charge in [0, 0.05) is 10.0 Å². The zero-order valence-electron chi connectivity index (χ0n) is 10.2. The van der Waals surface area contributed by atoms with E-state index in [1.807, 2.05) is 6.07 Å². The van der Waals surface area contributed by atoms with Gasteiger partial charge in [-0.25, -0.2) is 4.79 Å². The van der Waals surface area contributed by atoms with Crippen LogP contribution in [0.15, 0.2) is 51.4 Å². The molecule has 0 amide bonds. The Hall–Kier alpha value is -1.59. The summed E-state index contributed by atoms with van der Waals surface area (Å²) in [6.45, 7) is 0. The van der Waals surface area contributed by atoms with Gasteiger partial charge < -0.3 is 10.2 Å². The van der Waals surface area contributed by atoms with E-state index in [4.69, 9.17) is 0 Å². The van der Waals surface area contributed by atoms with E-state index < -0.39 is 5.97 Å². The quantitative estimate of drug-likeness (QED) is 0.590. The summed E-state index contributed by atoms with van der Waals surface area (Å²) in [5, 5.41) is 19.3. The van der Waals surface area contributed by atoms with Crippen molar-refractivity contribution in [2.24, 2.45) is 0 Å². The molecule has 3 nitrogen and oxygen atoms in total. The Balaban J connectivity index is 2.59. The minimum Gasteiger partial charge on any atom is -0.506 e. The molecule has 0 spiro atoms. The van der Waals surface area contributed by atoms with Crippen LogP contribution in [-0.4, -0.2) is 16.2 Å². The summed E-state index contributed by atoms with van der Waals surface area (Å²) in [6, 6.07) is 12.1. The van der Waals surface area contributed by atoms with E-state index in [2.05, 4.69) is 31.9 Å². The first-order valence-electron chi connectivity index (χ1n) is 5.67. The van der Waals surface area contributed by atoms with Gasteiger partial charge in [0.2, 0.25) is 0 Å². The van der Waals surface area contributed by atoms with Gasteiger partial charge >= 0.3 is 5.97 Å². The predicted octanol–water partition coefficient (Wildman–Crippen LogP) is 4.54. The number of carboxylic acids is 1. The van der Waals surface area contributed by atoms with Crippen LogP contribution in [0.2, 0.25) is 0 Å². The number of hydrogen-bond acceptors (Lipinski definition) is 2. The number of hydrogen-bond donors (Lipinski definition) is 2. The first kappa shape index (κ1) is 14.8. The molecule has 0 saturated carbocycles. The van der Waals surface area contributed by atoms with Crippen LogP contribution in [-0.2, 0) is 4.79 Å². The molecule has 0 saturated heterocycles. The molecular formula is C15H10Br2O3. The largest absolute Gasteiger partial charge is 0.506 e. The summed E-state index contributed by atoms with van der Waals surface area (Å²) < 4.78 is 1.24. The third kappa shape index (κ3) is 3.29. The average Bonchev–Trinajstić information content (AvgIpc) is 2.41. The van der Waals surface area contributed by atoms with Gasteiger partial charge in [-0.05, 0) is 39.7 Å². The molecule has 0 radical (unpaired) electrons. The molecule has 0 heterocycles. The lowest BCUT2D eigenvalue weighted by Crippen LogP contribution is -1.99. The molecule has 102 valence electrons. The Bertz CT molecular complexity index is 679. The van der Waals surface area contributed by atoms with Gasteiger partial charge in [0.25, 0.3) is 0 Å². The van der Waals surface area contributed by atoms with Crippen molar-refractivity contribution < 1.29 is 15.0 Å². The fraction of sp³-hybridized carbons (Fsp3) is 0. The van der Waals surface area contributed by atoms with Crippen LogP contribution in [0.25, 0.3) is 11.6 Å². The molecule has 0 aliphatic heterocycles. The molecule has 5 heteroatoms. The van der Waals surface area contributed by atoms with E-state index >= 15 is 0 Å². The maximum atomic E-state index is 11.4. The lowest BCUT2D eigenvalue weighted by atomic mass is 10.0. The summed E-state index contributed by atoms with van der Waals surface area (Å²) in [7, 11) is 0. The molecule has 2 aromatic carbocycles. The number of aliphatic carboxylic acids is 1. The number of phenols is 1. The summed E-state index contributed by atoms with van der Waals surface area (Å²) >= 11 is 6.54. The van der Waals surface area contributed by atoms with Crippen molar-refractivity contribution in [1.82, 2.24) is 0 Å². The summed E-state index contributed by atoms with van der Waals surface area (Å²) in [5.74, 6) is -1.05. The molecule has 0 fully saturated rings. The zero-order chi connectivity index (χ0) is 14.7. The Labute approximate surface area is 132 Å². The topological polar surface area (TPSA) is 57.5 Å². The molecule has 2 rings (SSSR count). The maximum absolute atomic E-state index is 11.4. The molecule has 0 aliphatic rings. The van der Waals surface area contributed by atoms with E-state index in [9.17, 15) is 15.0 Å². The third-order valence-electron chi connectivity index (χ3n) is 2.67. The Morgan fingerprint density at radius 1 is 1.10 bits per heavy atom. The standard InChI is InChI=1S/C15H10Br2O3/c16-11-6-10(14(18)13(17)8-11)7-12(15(19)20)9-4-2-1-3-5-9/h1-8,18H,(H,19,20)/b12-7-. The third-order valence-corrected chi connectivity index (χ3v) is 3.74. The number of carbonyl (C=O) groups is 1. The molecule has 2 aromatic rings. The Kier molecular flexibility index (Phi) is 4.62. The molecular weight excluding hydrogens is 388 g/mol. The smallest absolute Gasteiger partial charge is 0.336 e. The van der Waals surface area contributed by atoms with Gasteiger partial charge in [-0.15, -0.1) is 0 Å². The highest BCUT2D eigenvalue weighted by Crippen LogP contribution is 2.34. The predicted molar refractivity (Wildman–Crippen MR) is 85.5 cm³/mol. The van der Waals surface area contributed by atoms with Gasteiger partial charge in [0.15, 0.2) is 0 Å². The molecule has 0 bridgehead atoms. The molecule has 0 aliphatic carbocycles. The van der Waals surface area contributed by atoms with Crippen molar-refractivity contribution in [2.45, 2.75) is 0 Å². The Morgan fingerprint density at radius 3 is 2.35 bits per heavy atom. The number of halogens is 2. The maximum Gasteiger partial charge on any atom is 0.336 e. The van der Waals surface area contributed by atoms with Crippen molar-refractivity contribution in [3.05, 3.63) is 62.5 Å². The minimum atomic E-state index is -1.05. The lowest BCUT2D eigenvalue weighted by Gasteiger charge is -2.06. The second kappa shape index (κ2) is 6.24. The summed E-state index contributed by atoms with van der Waals surface area (Å²) in [5.41, 5.74) is 1.12. The number of benzene rings is 2. The van der Waals surface area contributed by atoms with Gasteiger partial charge in [-0.1, -0.05) is 46.3 Å². The summed E-state index contributed by atoms with van der Waals surface area (Å²) in [6.07, 6.45) is 1.45. The van der Waals surface area contributed by atoms with Crippen molar-refractivity contribution in [1.29, 1.82) is 0 Å². The van der Waals surface area contributed by atoms with Crippen LogP contribution in [0.3, 0.4) is 0 Å². The number of carboxylic acid groups (broad SMARTS) is 1. The number of rotatable bonds is 3. The first-order valence-corrected chi connectivity index (χ1v) is 7.26. The average molecular weight is 398 g/mol. The van der Waals surface area contributed by atoms with Crippen LogP contribution in [0.1, 0.15) is 11.1 Å². The minimum absolute atomic E-state index is 0.00267. The van der Waals surface area contributed by atoms with E-state index in [0.29, 0.717) is 15.6 Å². The lowest BCUT2D eigenvalue weighted by molar-refractivity contribution is -0.130. The highest BCUT2D eigenvalue weighted by atomic mass is 79.9. The first-order chi connectivity index (χ1) is 9.49. The van der Waals surface area contributed by atoms with Crippen LogP contribution >= 0.6 is 31.9 Å². The van der Waals surface area contributed by atoms with Gasteiger partial charge in [-0.2, -0.15) is 0 Å². The SMILES string of the molecule is O=C(O)/C(=C\c1cc(Br)cc(Br)c1O)c1ccccc1. The van der Waals surface area contributed by atoms with Crippen molar-refractivity contribution in [2.75, 3.05) is 0 Å². The van der Waals surface area contributed by atoms with E-state index in [1.54, 1.807) is 36.4 Å². The molecule has 0 unspecified atom stereocenters. The highest BCUT2D eigenvalue weighted by molar-refractivity contribution is 9.11. The monoisotopic (exact) mass is 396 g/mol. The van der Waals surface area contributed by atoms with Gasteiger partial charge in [0.05, 0.1) is 10.0 Å². The van der Waals surface area contributed by atoms with E-state index in [-0.39, 0.29) is 11.3 Å². The second-order valence-corrected chi connectivity index (χ2v) is 5.82. The van der Waals surface area contributed by atoms with Crippen molar-refractivity contribution >= 4 is 49.5 Å².